The molecule has 0 aliphatic heterocycles. The molecule has 1 aromatic rings. The summed E-state index contributed by atoms with van der Waals surface area (Å²) in [4.78, 5) is 12.2. The molecule has 2 aliphatic rings. The molecule has 17 heavy (non-hydrogen) atoms. The summed E-state index contributed by atoms with van der Waals surface area (Å²) in [7, 11) is 0. The highest BCUT2D eigenvalue weighted by atomic mass is 35.5. The topological polar surface area (TPSA) is 17.1 Å². The molecule has 0 heterocycles. The van der Waals surface area contributed by atoms with E-state index in [1.165, 1.54) is 31.2 Å². The van der Waals surface area contributed by atoms with Crippen molar-refractivity contribution in [2.24, 2.45) is 5.41 Å². The van der Waals surface area contributed by atoms with E-state index in [2.05, 4.69) is 6.92 Å². The Morgan fingerprint density at radius 1 is 1.35 bits per heavy atom. The molecule has 1 fully saturated rings. The average Bonchev–Trinajstić information content (AvgIpc) is 2.28. The van der Waals surface area contributed by atoms with Crippen molar-refractivity contribution < 1.29 is 4.79 Å². The normalized spacial score (nSPS) is 31.9. The molecule has 0 spiro atoms. The van der Waals surface area contributed by atoms with Gasteiger partial charge in [-0.3, -0.25) is 4.79 Å². The van der Waals surface area contributed by atoms with E-state index in [0.29, 0.717) is 18.1 Å². The van der Waals surface area contributed by atoms with Crippen LogP contribution in [0.3, 0.4) is 0 Å². The van der Waals surface area contributed by atoms with E-state index in [1.807, 2.05) is 18.2 Å². The van der Waals surface area contributed by atoms with E-state index in [9.17, 15) is 4.79 Å². The summed E-state index contributed by atoms with van der Waals surface area (Å²) in [5, 5.41) is 0.756. The zero-order chi connectivity index (χ0) is 12.0. The molecule has 0 N–H and O–H groups in total. The summed E-state index contributed by atoms with van der Waals surface area (Å²) >= 11 is 6.09. The van der Waals surface area contributed by atoms with Gasteiger partial charge in [0.2, 0.25) is 0 Å². The van der Waals surface area contributed by atoms with E-state index in [0.717, 1.165) is 10.6 Å². The maximum Gasteiger partial charge on any atom is 0.163 e. The Bertz CT molecular complexity index is 480. The fraction of sp³-hybridized carbons (Fsp3) is 0.533. The van der Waals surface area contributed by atoms with Crippen LogP contribution in [0.25, 0.3) is 0 Å². The van der Waals surface area contributed by atoms with Crippen LogP contribution in [0.4, 0.5) is 0 Å². The van der Waals surface area contributed by atoms with E-state index in [4.69, 9.17) is 11.6 Å². The summed E-state index contributed by atoms with van der Waals surface area (Å²) in [5.74, 6) is 0.833. The number of carbonyl (C=O) groups excluding carboxylic acids is 1. The number of ketones is 1. The van der Waals surface area contributed by atoms with Gasteiger partial charge in [0, 0.05) is 17.0 Å². The second kappa shape index (κ2) is 3.84. The monoisotopic (exact) mass is 248 g/mol. The van der Waals surface area contributed by atoms with E-state index < -0.39 is 0 Å². The van der Waals surface area contributed by atoms with Crippen LogP contribution in [0.5, 0.6) is 0 Å². The number of benzene rings is 1. The lowest BCUT2D eigenvalue weighted by Gasteiger charge is -2.45. The maximum atomic E-state index is 12.2. The predicted molar refractivity (Wildman–Crippen MR) is 69.7 cm³/mol. The van der Waals surface area contributed by atoms with Gasteiger partial charge in [-0.1, -0.05) is 31.4 Å². The minimum atomic E-state index is 0.174. The van der Waals surface area contributed by atoms with Crippen molar-refractivity contribution in [3.05, 3.63) is 34.3 Å². The van der Waals surface area contributed by atoms with Gasteiger partial charge in [-0.25, -0.2) is 0 Å². The molecule has 0 bridgehead atoms. The van der Waals surface area contributed by atoms with Crippen LogP contribution in [0.15, 0.2) is 18.2 Å². The molecule has 0 radical (unpaired) electrons. The third kappa shape index (κ3) is 1.72. The summed E-state index contributed by atoms with van der Waals surface area (Å²) in [6.45, 7) is 2.28. The zero-order valence-electron chi connectivity index (χ0n) is 10.1. The standard InChI is InChI=1S/C15H17ClO/c1-15-7-3-2-4-13(15)12-8-10(16)5-6-11(12)14(17)9-15/h5-6,8,13H,2-4,7,9H2,1H3/t13-,15+/m0/s1. The molecule has 2 aliphatic carbocycles. The van der Waals surface area contributed by atoms with Gasteiger partial charge in [0.25, 0.3) is 0 Å². The fourth-order valence-electron chi connectivity index (χ4n) is 3.68. The summed E-state index contributed by atoms with van der Waals surface area (Å²) < 4.78 is 0. The largest absolute Gasteiger partial charge is 0.294 e. The first-order valence-electron chi connectivity index (χ1n) is 6.43. The van der Waals surface area contributed by atoms with Crippen LogP contribution in [0.1, 0.15) is 60.9 Å². The first kappa shape index (κ1) is 11.3. The Balaban J connectivity index is 2.15. The number of hydrogen-bond acceptors (Lipinski definition) is 1. The number of halogens is 1. The van der Waals surface area contributed by atoms with E-state index in [1.54, 1.807) is 0 Å². The molecular weight excluding hydrogens is 232 g/mol. The van der Waals surface area contributed by atoms with Gasteiger partial charge >= 0.3 is 0 Å². The highest BCUT2D eigenvalue weighted by Crippen LogP contribution is 2.53. The van der Waals surface area contributed by atoms with Crippen molar-refractivity contribution in [2.75, 3.05) is 0 Å². The Morgan fingerprint density at radius 2 is 2.18 bits per heavy atom. The summed E-state index contributed by atoms with van der Waals surface area (Å²) in [6, 6.07) is 5.76. The number of carbonyl (C=O) groups is 1. The van der Waals surface area contributed by atoms with Crippen LogP contribution < -0.4 is 0 Å². The molecule has 90 valence electrons. The van der Waals surface area contributed by atoms with Crippen molar-refractivity contribution in [3.63, 3.8) is 0 Å². The minimum absolute atomic E-state index is 0.174. The van der Waals surface area contributed by atoms with Crippen LogP contribution in [0.2, 0.25) is 5.02 Å². The van der Waals surface area contributed by atoms with Crippen molar-refractivity contribution >= 4 is 17.4 Å². The van der Waals surface area contributed by atoms with Crippen molar-refractivity contribution in [1.29, 1.82) is 0 Å². The van der Waals surface area contributed by atoms with Gasteiger partial charge in [-0.2, -0.15) is 0 Å². The molecule has 0 saturated heterocycles. The fourth-order valence-corrected chi connectivity index (χ4v) is 3.86. The Hall–Kier alpha value is -0.820. The second-order valence-electron chi connectivity index (χ2n) is 5.78. The van der Waals surface area contributed by atoms with Gasteiger partial charge in [0.05, 0.1) is 0 Å². The highest BCUT2D eigenvalue weighted by molar-refractivity contribution is 6.30. The van der Waals surface area contributed by atoms with Crippen molar-refractivity contribution in [3.8, 4) is 0 Å². The quantitative estimate of drug-likeness (QED) is 0.656. The third-order valence-electron chi connectivity index (χ3n) is 4.59. The molecule has 0 unspecified atom stereocenters. The number of rotatable bonds is 0. The second-order valence-corrected chi connectivity index (χ2v) is 6.22. The predicted octanol–water partition coefficient (Wildman–Crippen LogP) is 4.59. The van der Waals surface area contributed by atoms with Crippen molar-refractivity contribution in [1.82, 2.24) is 0 Å². The zero-order valence-corrected chi connectivity index (χ0v) is 10.9. The van der Waals surface area contributed by atoms with E-state index in [-0.39, 0.29) is 5.41 Å². The third-order valence-corrected chi connectivity index (χ3v) is 4.82. The first-order chi connectivity index (χ1) is 8.10. The van der Waals surface area contributed by atoms with Crippen LogP contribution in [-0.2, 0) is 0 Å². The lowest BCUT2D eigenvalue weighted by molar-refractivity contribution is 0.0797. The highest BCUT2D eigenvalue weighted by Gasteiger charge is 2.44. The smallest absolute Gasteiger partial charge is 0.163 e. The van der Waals surface area contributed by atoms with Gasteiger partial charge in [0.1, 0.15) is 0 Å². The Kier molecular flexibility index (Phi) is 2.55. The molecule has 2 atom stereocenters. The van der Waals surface area contributed by atoms with Crippen LogP contribution in [0, 0.1) is 5.41 Å². The maximum absolute atomic E-state index is 12.2. The lowest BCUT2D eigenvalue weighted by atomic mass is 9.58. The van der Waals surface area contributed by atoms with Gasteiger partial charge in [-0.05, 0) is 47.9 Å². The van der Waals surface area contributed by atoms with Gasteiger partial charge < -0.3 is 0 Å². The number of hydrogen-bond donors (Lipinski definition) is 0. The molecule has 3 rings (SSSR count). The van der Waals surface area contributed by atoms with E-state index >= 15 is 0 Å². The molecule has 1 saturated carbocycles. The Morgan fingerprint density at radius 3 is 3.00 bits per heavy atom. The molecular formula is C15H17ClO. The molecule has 0 amide bonds. The van der Waals surface area contributed by atoms with Gasteiger partial charge in [0.15, 0.2) is 5.78 Å². The average molecular weight is 249 g/mol. The van der Waals surface area contributed by atoms with Crippen LogP contribution >= 0.6 is 11.6 Å². The van der Waals surface area contributed by atoms with Crippen LogP contribution in [-0.4, -0.2) is 5.78 Å². The number of Topliss-reactive ketones (excluding diaryl/α,β-unsaturated/α-hetero) is 1. The molecule has 1 aromatic carbocycles. The Labute approximate surface area is 107 Å². The van der Waals surface area contributed by atoms with Crippen molar-refractivity contribution in [2.45, 2.75) is 44.9 Å². The summed E-state index contributed by atoms with van der Waals surface area (Å²) in [6.07, 6.45) is 5.63. The first-order valence-corrected chi connectivity index (χ1v) is 6.81. The number of fused-ring (bicyclic) bond motifs is 3. The molecule has 0 aromatic heterocycles. The molecule has 2 heteroatoms. The minimum Gasteiger partial charge on any atom is -0.294 e. The molecule has 1 nitrogen and oxygen atoms in total. The van der Waals surface area contributed by atoms with Gasteiger partial charge in [-0.15, -0.1) is 0 Å². The SMILES string of the molecule is C[C@]12CCCC[C@H]1c1cc(Cl)ccc1C(=O)C2. The lowest BCUT2D eigenvalue weighted by Crippen LogP contribution is -2.36. The summed E-state index contributed by atoms with van der Waals surface area (Å²) in [5.41, 5.74) is 2.29.